The Morgan fingerprint density at radius 1 is 1.34 bits per heavy atom. The van der Waals surface area contributed by atoms with E-state index in [2.05, 4.69) is 6.07 Å². The second-order valence-corrected chi connectivity index (χ2v) is 7.22. The summed E-state index contributed by atoms with van der Waals surface area (Å²) in [7, 11) is 0. The number of nitriles is 1. The van der Waals surface area contributed by atoms with E-state index in [9.17, 15) is 19.6 Å². The van der Waals surface area contributed by atoms with Gasteiger partial charge in [0, 0.05) is 17.1 Å². The third-order valence-electron chi connectivity index (χ3n) is 5.24. The van der Waals surface area contributed by atoms with Crippen LogP contribution in [0.3, 0.4) is 0 Å². The number of primary amides is 2. The number of nitrogens with two attached hydrogens (primary N) is 2. The molecule has 4 N–H and O–H groups in total. The first kappa shape index (κ1) is 20.4. The standard InChI is InChI=1S/C20H19ClN4O4/c1-2-29-19(28)20(10-22)14-7-6-12(17(23)26)9-25(14)16(18(24)27)15(20)11-4-3-5-13(21)8-11/h3-9,14-16H,2H2,1H3,(H2,23,26)(H2,24,27)/t14-,15-,16+,20-/m0/s1. The summed E-state index contributed by atoms with van der Waals surface area (Å²) in [6, 6.07) is 6.62. The number of halogens is 1. The first-order chi connectivity index (χ1) is 13.8. The molecule has 0 unspecified atom stereocenters. The van der Waals surface area contributed by atoms with Gasteiger partial charge in [0.25, 0.3) is 0 Å². The van der Waals surface area contributed by atoms with Crippen molar-refractivity contribution in [3.05, 3.63) is 58.8 Å². The molecule has 1 fully saturated rings. The van der Waals surface area contributed by atoms with Crippen molar-refractivity contribution in [2.24, 2.45) is 16.9 Å². The Hall–Kier alpha value is -3.31. The lowest BCUT2D eigenvalue weighted by Crippen LogP contribution is -2.45. The summed E-state index contributed by atoms with van der Waals surface area (Å²) in [5, 5.41) is 10.6. The van der Waals surface area contributed by atoms with Crippen LogP contribution in [0.1, 0.15) is 18.4 Å². The fraction of sp³-hybridized carbons (Fsp3) is 0.300. The van der Waals surface area contributed by atoms with Gasteiger partial charge in [0.05, 0.1) is 24.3 Å². The van der Waals surface area contributed by atoms with Gasteiger partial charge in [-0.25, -0.2) is 0 Å². The highest BCUT2D eigenvalue weighted by Crippen LogP contribution is 2.53. The normalized spacial score (nSPS) is 27.6. The molecule has 0 radical (unpaired) electrons. The van der Waals surface area contributed by atoms with Crippen LogP contribution in [0.25, 0.3) is 0 Å². The van der Waals surface area contributed by atoms with E-state index in [4.69, 9.17) is 27.8 Å². The van der Waals surface area contributed by atoms with E-state index < -0.39 is 41.2 Å². The minimum atomic E-state index is -1.80. The van der Waals surface area contributed by atoms with E-state index in [1.54, 1.807) is 31.2 Å². The Bertz CT molecular complexity index is 983. The molecule has 1 aromatic rings. The zero-order chi connectivity index (χ0) is 21.3. The van der Waals surface area contributed by atoms with E-state index in [0.717, 1.165) is 0 Å². The summed E-state index contributed by atoms with van der Waals surface area (Å²) < 4.78 is 5.23. The maximum absolute atomic E-state index is 13.1. The lowest BCUT2D eigenvalue weighted by molar-refractivity contribution is -0.153. The molecule has 2 aliphatic heterocycles. The summed E-state index contributed by atoms with van der Waals surface area (Å²) in [6.07, 6.45) is 4.28. The Kier molecular flexibility index (Phi) is 5.36. The Labute approximate surface area is 172 Å². The zero-order valence-electron chi connectivity index (χ0n) is 15.5. The van der Waals surface area contributed by atoms with Gasteiger partial charge in [-0.3, -0.25) is 14.4 Å². The van der Waals surface area contributed by atoms with Crippen molar-refractivity contribution in [3.8, 4) is 6.07 Å². The summed E-state index contributed by atoms with van der Waals surface area (Å²) in [5.74, 6) is -3.25. The van der Waals surface area contributed by atoms with Gasteiger partial charge in [-0.1, -0.05) is 29.8 Å². The molecule has 9 heteroatoms. The van der Waals surface area contributed by atoms with E-state index in [-0.39, 0.29) is 12.2 Å². The van der Waals surface area contributed by atoms with Gasteiger partial charge in [0.1, 0.15) is 6.04 Å². The topological polar surface area (TPSA) is 140 Å². The molecule has 2 amide bonds. The number of rotatable bonds is 5. The van der Waals surface area contributed by atoms with Crippen molar-refractivity contribution >= 4 is 29.4 Å². The number of hydrogen-bond acceptors (Lipinski definition) is 6. The number of hydrogen-bond donors (Lipinski definition) is 2. The number of esters is 1. The van der Waals surface area contributed by atoms with Crippen LogP contribution in [0.5, 0.6) is 0 Å². The molecule has 3 rings (SSSR count). The van der Waals surface area contributed by atoms with Crippen molar-refractivity contribution in [3.63, 3.8) is 0 Å². The summed E-state index contributed by atoms with van der Waals surface area (Å²) in [5.41, 5.74) is 9.87. The maximum Gasteiger partial charge on any atom is 0.329 e. The third kappa shape index (κ3) is 3.13. The monoisotopic (exact) mass is 414 g/mol. The molecule has 0 aliphatic carbocycles. The number of amides is 2. The molecule has 29 heavy (non-hydrogen) atoms. The van der Waals surface area contributed by atoms with E-state index in [1.165, 1.54) is 23.3 Å². The molecule has 150 valence electrons. The van der Waals surface area contributed by atoms with Crippen LogP contribution in [0.2, 0.25) is 5.02 Å². The lowest BCUT2D eigenvalue weighted by Gasteiger charge is -2.32. The number of benzene rings is 1. The number of carbonyl (C=O) groups is 3. The molecule has 8 nitrogen and oxygen atoms in total. The molecule has 0 aromatic heterocycles. The van der Waals surface area contributed by atoms with Crippen molar-refractivity contribution in [1.82, 2.24) is 4.90 Å². The maximum atomic E-state index is 13.1. The van der Waals surface area contributed by atoms with Crippen molar-refractivity contribution in [1.29, 1.82) is 5.26 Å². The van der Waals surface area contributed by atoms with Crippen LogP contribution in [-0.2, 0) is 19.1 Å². The van der Waals surface area contributed by atoms with Gasteiger partial charge < -0.3 is 21.1 Å². The molecule has 0 spiro atoms. The second-order valence-electron chi connectivity index (χ2n) is 6.78. The number of nitrogens with zero attached hydrogens (tertiary/aromatic N) is 2. The van der Waals surface area contributed by atoms with Crippen LogP contribution in [0.15, 0.2) is 48.2 Å². The van der Waals surface area contributed by atoms with Crippen molar-refractivity contribution in [2.75, 3.05) is 6.61 Å². The average molecular weight is 415 g/mol. The van der Waals surface area contributed by atoms with Gasteiger partial charge in [0.2, 0.25) is 11.8 Å². The smallest absolute Gasteiger partial charge is 0.329 e. The Morgan fingerprint density at radius 3 is 2.62 bits per heavy atom. The van der Waals surface area contributed by atoms with Gasteiger partial charge in [-0.2, -0.15) is 5.26 Å². The van der Waals surface area contributed by atoms with Gasteiger partial charge in [0.15, 0.2) is 5.41 Å². The van der Waals surface area contributed by atoms with Gasteiger partial charge in [-0.15, -0.1) is 0 Å². The summed E-state index contributed by atoms with van der Waals surface area (Å²) >= 11 is 6.13. The molecule has 4 atom stereocenters. The van der Waals surface area contributed by atoms with E-state index in [0.29, 0.717) is 10.6 Å². The molecule has 1 saturated heterocycles. The molecular formula is C20H19ClN4O4. The van der Waals surface area contributed by atoms with E-state index >= 15 is 0 Å². The first-order valence-electron chi connectivity index (χ1n) is 8.88. The second kappa shape index (κ2) is 7.60. The summed E-state index contributed by atoms with van der Waals surface area (Å²) in [4.78, 5) is 38.7. The van der Waals surface area contributed by atoms with Crippen LogP contribution in [0, 0.1) is 16.7 Å². The predicted octanol–water partition coefficient (Wildman–Crippen LogP) is 0.974. The highest BCUT2D eigenvalue weighted by Gasteiger charge is 2.66. The minimum absolute atomic E-state index is 0.0462. The highest BCUT2D eigenvalue weighted by atomic mass is 35.5. The zero-order valence-corrected chi connectivity index (χ0v) is 16.3. The van der Waals surface area contributed by atoms with Crippen LogP contribution in [0.4, 0.5) is 0 Å². The predicted molar refractivity (Wildman–Crippen MR) is 104 cm³/mol. The SMILES string of the molecule is CCOC(=O)[C@@]1(C#N)[C@@H]2C=CC(C(N)=O)=CN2[C@@H](C(N)=O)[C@@H]1c1cccc(Cl)c1. The number of ether oxygens (including phenoxy) is 1. The number of carbonyl (C=O) groups excluding carboxylic acids is 3. The molecular weight excluding hydrogens is 396 g/mol. The van der Waals surface area contributed by atoms with Crippen molar-refractivity contribution < 1.29 is 19.1 Å². The van der Waals surface area contributed by atoms with E-state index in [1.807, 2.05) is 0 Å². The van der Waals surface area contributed by atoms with Gasteiger partial charge in [-0.05, 0) is 30.7 Å². The van der Waals surface area contributed by atoms with Gasteiger partial charge >= 0.3 is 5.97 Å². The molecule has 2 heterocycles. The Balaban J connectivity index is 2.30. The Morgan fingerprint density at radius 2 is 2.07 bits per heavy atom. The summed E-state index contributed by atoms with van der Waals surface area (Å²) in [6.45, 7) is 1.67. The highest BCUT2D eigenvalue weighted by molar-refractivity contribution is 6.30. The van der Waals surface area contributed by atoms with Crippen LogP contribution >= 0.6 is 11.6 Å². The quantitative estimate of drug-likeness (QED) is 0.688. The molecule has 0 saturated carbocycles. The fourth-order valence-electron chi connectivity index (χ4n) is 4.11. The number of fused-ring (bicyclic) bond motifs is 1. The third-order valence-corrected chi connectivity index (χ3v) is 5.48. The minimum Gasteiger partial charge on any atom is -0.465 e. The fourth-order valence-corrected chi connectivity index (χ4v) is 4.30. The molecule has 1 aromatic carbocycles. The van der Waals surface area contributed by atoms with Crippen LogP contribution in [-0.4, -0.2) is 41.4 Å². The first-order valence-corrected chi connectivity index (χ1v) is 9.26. The largest absolute Gasteiger partial charge is 0.465 e. The average Bonchev–Trinajstić information content (AvgIpc) is 2.99. The molecule has 0 bridgehead atoms. The van der Waals surface area contributed by atoms with Crippen molar-refractivity contribution in [2.45, 2.75) is 24.9 Å². The van der Waals surface area contributed by atoms with Crippen LogP contribution < -0.4 is 11.5 Å². The lowest BCUT2D eigenvalue weighted by atomic mass is 9.68. The molecule has 2 aliphatic rings.